The molecule has 4 nitrogen and oxygen atoms in total. The molecule has 4 rings (SSSR count). The predicted molar refractivity (Wildman–Crippen MR) is 111 cm³/mol. The lowest BCUT2D eigenvalue weighted by atomic mass is 9.76. The Morgan fingerprint density at radius 3 is 2.63 bits per heavy atom. The van der Waals surface area contributed by atoms with E-state index < -0.39 is 5.72 Å². The molecule has 0 bridgehead atoms. The Labute approximate surface area is 165 Å². The standard InChI is InChI=1S/C22H26N2O2S/c1-13-6-5-7-15(10-13)17-11-22(12-21(3,4)23-20(27)24-22)26-19-14(2)18(25)9-8-16(17)19/h5-10,17,25H,11-12H2,1-4H3,(H2,23,24,27)/t17-,22+/m1/s1. The van der Waals surface area contributed by atoms with Crippen LogP contribution in [0.1, 0.15) is 54.9 Å². The molecule has 2 aliphatic rings. The number of ether oxygens (including phenoxy) is 1. The fraction of sp³-hybridized carbons (Fsp3) is 0.409. The number of hydrogen-bond acceptors (Lipinski definition) is 3. The zero-order chi connectivity index (χ0) is 19.4. The molecule has 2 atom stereocenters. The molecule has 0 unspecified atom stereocenters. The third-order valence-electron chi connectivity index (χ3n) is 5.58. The number of benzene rings is 2. The van der Waals surface area contributed by atoms with Crippen LogP contribution in [-0.4, -0.2) is 21.5 Å². The van der Waals surface area contributed by atoms with Crippen LogP contribution < -0.4 is 15.4 Å². The molecule has 27 heavy (non-hydrogen) atoms. The molecule has 0 amide bonds. The van der Waals surface area contributed by atoms with E-state index in [2.05, 4.69) is 55.7 Å². The molecule has 2 aromatic carbocycles. The van der Waals surface area contributed by atoms with Gasteiger partial charge in [-0.1, -0.05) is 35.9 Å². The zero-order valence-corrected chi connectivity index (χ0v) is 17.0. The van der Waals surface area contributed by atoms with Crippen molar-refractivity contribution in [2.75, 3.05) is 0 Å². The van der Waals surface area contributed by atoms with E-state index in [1.54, 1.807) is 6.07 Å². The summed E-state index contributed by atoms with van der Waals surface area (Å²) in [6.45, 7) is 8.29. The first-order valence-corrected chi connectivity index (χ1v) is 9.77. The molecule has 1 saturated heterocycles. The minimum Gasteiger partial charge on any atom is -0.508 e. The monoisotopic (exact) mass is 382 g/mol. The highest BCUT2D eigenvalue weighted by atomic mass is 32.1. The van der Waals surface area contributed by atoms with Crippen molar-refractivity contribution in [2.45, 2.75) is 57.7 Å². The van der Waals surface area contributed by atoms with E-state index in [1.807, 2.05) is 13.0 Å². The minimum absolute atomic E-state index is 0.164. The lowest BCUT2D eigenvalue weighted by Gasteiger charge is -2.51. The fourth-order valence-electron chi connectivity index (χ4n) is 4.51. The van der Waals surface area contributed by atoms with Crippen LogP contribution in [0.3, 0.4) is 0 Å². The minimum atomic E-state index is -0.605. The van der Waals surface area contributed by atoms with E-state index in [0.717, 1.165) is 29.7 Å². The van der Waals surface area contributed by atoms with Crippen LogP contribution in [0, 0.1) is 13.8 Å². The Balaban J connectivity index is 1.87. The van der Waals surface area contributed by atoms with Gasteiger partial charge in [0.05, 0.1) is 0 Å². The molecule has 2 aliphatic heterocycles. The molecule has 2 aromatic rings. The van der Waals surface area contributed by atoms with Gasteiger partial charge in [0.2, 0.25) is 0 Å². The Kier molecular flexibility index (Phi) is 4.11. The summed E-state index contributed by atoms with van der Waals surface area (Å²) in [5, 5.41) is 17.6. The first-order valence-electron chi connectivity index (χ1n) is 9.36. The van der Waals surface area contributed by atoms with Gasteiger partial charge in [-0.3, -0.25) is 0 Å². The first-order chi connectivity index (χ1) is 12.7. The van der Waals surface area contributed by atoms with Crippen molar-refractivity contribution in [3.05, 3.63) is 58.7 Å². The normalized spacial score (nSPS) is 25.9. The number of aryl methyl sites for hydroxylation is 1. The molecule has 0 aliphatic carbocycles. The summed E-state index contributed by atoms with van der Waals surface area (Å²) in [4.78, 5) is 0. The van der Waals surface area contributed by atoms with Crippen molar-refractivity contribution in [3.8, 4) is 11.5 Å². The molecule has 0 saturated carbocycles. The lowest BCUT2D eigenvalue weighted by molar-refractivity contribution is -0.0134. The van der Waals surface area contributed by atoms with E-state index in [0.29, 0.717) is 5.11 Å². The van der Waals surface area contributed by atoms with Gasteiger partial charge in [-0.2, -0.15) is 0 Å². The van der Waals surface area contributed by atoms with Crippen LogP contribution in [0.2, 0.25) is 0 Å². The lowest BCUT2D eigenvalue weighted by Crippen LogP contribution is -2.69. The van der Waals surface area contributed by atoms with Gasteiger partial charge in [-0.15, -0.1) is 0 Å². The molecular weight excluding hydrogens is 356 g/mol. The molecule has 0 aromatic heterocycles. The summed E-state index contributed by atoms with van der Waals surface area (Å²) < 4.78 is 6.56. The van der Waals surface area contributed by atoms with Crippen LogP contribution in [0.5, 0.6) is 11.5 Å². The van der Waals surface area contributed by atoms with E-state index in [1.165, 1.54) is 11.1 Å². The van der Waals surface area contributed by atoms with Gasteiger partial charge in [0.25, 0.3) is 0 Å². The number of thiocarbonyl (C=S) groups is 1. The fourth-order valence-corrected chi connectivity index (χ4v) is 4.97. The van der Waals surface area contributed by atoms with Crippen LogP contribution in [0.4, 0.5) is 0 Å². The van der Waals surface area contributed by atoms with Crippen molar-refractivity contribution in [3.63, 3.8) is 0 Å². The third-order valence-corrected chi connectivity index (χ3v) is 5.78. The van der Waals surface area contributed by atoms with Crippen LogP contribution in [0.25, 0.3) is 0 Å². The van der Waals surface area contributed by atoms with E-state index in [-0.39, 0.29) is 17.2 Å². The van der Waals surface area contributed by atoms with E-state index in [9.17, 15) is 5.11 Å². The smallest absolute Gasteiger partial charge is 0.185 e. The van der Waals surface area contributed by atoms with E-state index >= 15 is 0 Å². The first kappa shape index (κ1) is 18.1. The quantitative estimate of drug-likeness (QED) is 0.643. The van der Waals surface area contributed by atoms with Crippen molar-refractivity contribution in [2.24, 2.45) is 0 Å². The van der Waals surface area contributed by atoms with Crippen LogP contribution in [-0.2, 0) is 0 Å². The van der Waals surface area contributed by atoms with Gasteiger partial charge in [-0.25, -0.2) is 0 Å². The van der Waals surface area contributed by atoms with Gasteiger partial charge >= 0.3 is 0 Å². The summed E-state index contributed by atoms with van der Waals surface area (Å²) in [5.74, 6) is 1.18. The van der Waals surface area contributed by atoms with Gasteiger partial charge < -0.3 is 20.5 Å². The highest BCUT2D eigenvalue weighted by Crippen LogP contribution is 2.49. The number of aromatic hydroxyl groups is 1. The summed E-state index contributed by atoms with van der Waals surface area (Å²) >= 11 is 5.49. The predicted octanol–water partition coefficient (Wildman–Crippen LogP) is 4.27. The van der Waals surface area contributed by atoms with E-state index in [4.69, 9.17) is 17.0 Å². The summed E-state index contributed by atoms with van der Waals surface area (Å²) in [5.41, 5.74) is 3.60. The molecule has 0 radical (unpaired) electrons. The number of phenolic OH excluding ortho intramolecular Hbond substituents is 1. The number of rotatable bonds is 1. The molecule has 3 N–H and O–H groups in total. The molecule has 5 heteroatoms. The third kappa shape index (κ3) is 3.25. The molecular formula is C22H26N2O2S. The van der Waals surface area contributed by atoms with Crippen LogP contribution in [0.15, 0.2) is 36.4 Å². The highest BCUT2D eigenvalue weighted by molar-refractivity contribution is 7.80. The average molecular weight is 383 g/mol. The maximum Gasteiger partial charge on any atom is 0.185 e. The largest absolute Gasteiger partial charge is 0.508 e. The van der Waals surface area contributed by atoms with Gasteiger partial charge in [0.1, 0.15) is 11.5 Å². The number of fused-ring (bicyclic) bond motifs is 1. The van der Waals surface area contributed by atoms with Gasteiger partial charge in [0, 0.05) is 35.4 Å². The number of hydrogen-bond donors (Lipinski definition) is 3. The second kappa shape index (κ2) is 6.13. The summed E-state index contributed by atoms with van der Waals surface area (Å²) in [7, 11) is 0. The Hall–Kier alpha value is -2.27. The molecule has 1 fully saturated rings. The Bertz CT molecular complexity index is 925. The molecule has 2 heterocycles. The zero-order valence-electron chi connectivity index (χ0n) is 16.2. The summed E-state index contributed by atoms with van der Waals surface area (Å²) in [6, 6.07) is 12.4. The van der Waals surface area contributed by atoms with Crippen molar-refractivity contribution in [1.29, 1.82) is 0 Å². The summed E-state index contributed by atoms with van der Waals surface area (Å²) in [6.07, 6.45) is 1.54. The topological polar surface area (TPSA) is 53.5 Å². The van der Waals surface area contributed by atoms with Crippen molar-refractivity contribution in [1.82, 2.24) is 10.6 Å². The SMILES string of the molecule is Cc1cccc([C@H]2C[C@@]3(CC(C)(C)NC(=S)N3)Oc3c2ccc(O)c3C)c1. The number of nitrogens with one attached hydrogen (secondary N) is 2. The average Bonchev–Trinajstić information content (AvgIpc) is 2.56. The highest BCUT2D eigenvalue weighted by Gasteiger charge is 2.49. The maximum absolute atomic E-state index is 10.3. The van der Waals surface area contributed by atoms with Crippen molar-refractivity contribution >= 4 is 17.3 Å². The second-order valence-electron chi connectivity index (χ2n) is 8.54. The van der Waals surface area contributed by atoms with Crippen LogP contribution >= 0.6 is 12.2 Å². The van der Waals surface area contributed by atoms with Crippen molar-refractivity contribution < 1.29 is 9.84 Å². The molecule has 1 spiro atoms. The maximum atomic E-state index is 10.3. The number of phenols is 1. The van der Waals surface area contributed by atoms with Gasteiger partial charge in [-0.05, 0) is 51.5 Å². The van der Waals surface area contributed by atoms with Gasteiger partial charge in [0.15, 0.2) is 10.8 Å². The Morgan fingerprint density at radius 2 is 1.93 bits per heavy atom. The second-order valence-corrected chi connectivity index (χ2v) is 8.94. The Morgan fingerprint density at radius 1 is 1.15 bits per heavy atom. The molecule has 142 valence electrons.